The monoisotopic (exact) mass is 267 g/mol. The normalized spacial score (nSPS) is 17.9. The lowest BCUT2D eigenvalue weighted by Gasteiger charge is -2.29. The van der Waals surface area contributed by atoms with Gasteiger partial charge in [0.1, 0.15) is 5.54 Å². The van der Waals surface area contributed by atoms with Gasteiger partial charge in [0, 0.05) is 0 Å². The van der Waals surface area contributed by atoms with Crippen LogP contribution in [0.2, 0.25) is 5.02 Å². The number of halogens is 1. The molecule has 2 rings (SSSR count). The SMILES string of the molecule is COC(=O)C(C)(CC1CC1)Nc1ccccc1Cl. The van der Waals surface area contributed by atoms with Crippen molar-refractivity contribution in [2.45, 2.75) is 31.7 Å². The highest BCUT2D eigenvalue weighted by atomic mass is 35.5. The molecule has 1 aromatic carbocycles. The van der Waals surface area contributed by atoms with E-state index in [4.69, 9.17) is 16.3 Å². The van der Waals surface area contributed by atoms with E-state index in [1.54, 1.807) is 6.07 Å². The van der Waals surface area contributed by atoms with Crippen molar-refractivity contribution in [3.63, 3.8) is 0 Å². The van der Waals surface area contributed by atoms with Crippen LogP contribution in [-0.2, 0) is 9.53 Å². The summed E-state index contributed by atoms with van der Waals surface area (Å²) in [6, 6.07) is 7.43. The Labute approximate surface area is 112 Å². The molecule has 1 saturated carbocycles. The van der Waals surface area contributed by atoms with Crippen LogP contribution in [0.4, 0.5) is 5.69 Å². The molecule has 0 amide bonds. The fraction of sp³-hybridized carbons (Fsp3) is 0.500. The number of carbonyl (C=O) groups excluding carboxylic acids is 1. The predicted octanol–water partition coefficient (Wildman–Crippen LogP) is 3.48. The Morgan fingerprint density at radius 1 is 1.50 bits per heavy atom. The summed E-state index contributed by atoms with van der Waals surface area (Å²) in [5.74, 6) is 0.374. The number of carbonyl (C=O) groups is 1. The highest BCUT2D eigenvalue weighted by Gasteiger charge is 2.40. The first-order valence-electron chi connectivity index (χ1n) is 6.16. The fourth-order valence-corrected chi connectivity index (χ4v) is 2.35. The first-order chi connectivity index (χ1) is 8.55. The maximum atomic E-state index is 12.0. The summed E-state index contributed by atoms with van der Waals surface area (Å²) in [4.78, 5) is 12.0. The molecule has 98 valence electrons. The van der Waals surface area contributed by atoms with E-state index in [1.807, 2.05) is 25.1 Å². The van der Waals surface area contributed by atoms with Crippen LogP contribution < -0.4 is 5.32 Å². The van der Waals surface area contributed by atoms with Crippen LogP contribution in [-0.4, -0.2) is 18.6 Å². The molecule has 1 atom stereocenters. The Bertz CT molecular complexity index is 445. The fourth-order valence-electron chi connectivity index (χ4n) is 2.17. The second-order valence-electron chi connectivity index (χ2n) is 5.08. The molecule has 4 heteroatoms. The van der Waals surface area contributed by atoms with E-state index in [9.17, 15) is 4.79 Å². The zero-order valence-electron chi connectivity index (χ0n) is 10.7. The number of nitrogens with one attached hydrogen (secondary N) is 1. The summed E-state index contributed by atoms with van der Waals surface area (Å²) in [5.41, 5.74) is 0.0636. The molecule has 1 aromatic rings. The van der Waals surface area contributed by atoms with Gasteiger partial charge in [-0.3, -0.25) is 0 Å². The van der Waals surface area contributed by atoms with Gasteiger partial charge < -0.3 is 10.1 Å². The quantitative estimate of drug-likeness (QED) is 0.830. The second kappa shape index (κ2) is 5.19. The topological polar surface area (TPSA) is 38.3 Å². The third kappa shape index (κ3) is 2.96. The standard InChI is InChI=1S/C14H18ClNO2/c1-14(13(17)18-2,9-10-7-8-10)16-12-6-4-3-5-11(12)15/h3-6,10,16H,7-9H2,1-2H3. The summed E-state index contributed by atoms with van der Waals surface area (Å²) in [7, 11) is 1.42. The van der Waals surface area contributed by atoms with E-state index in [2.05, 4.69) is 5.32 Å². The molecular weight excluding hydrogens is 250 g/mol. The van der Waals surface area contributed by atoms with E-state index in [0.29, 0.717) is 10.9 Å². The zero-order valence-corrected chi connectivity index (χ0v) is 11.5. The van der Waals surface area contributed by atoms with Crippen molar-refractivity contribution in [2.24, 2.45) is 5.92 Å². The molecule has 3 nitrogen and oxygen atoms in total. The van der Waals surface area contributed by atoms with Crippen LogP contribution in [0.3, 0.4) is 0 Å². The van der Waals surface area contributed by atoms with Crippen molar-refractivity contribution in [1.82, 2.24) is 0 Å². The first-order valence-corrected chi connectivity index (χ1v) is 6.54. The molecule has 0 radical (unpaired) electrons. The Kier molecular flexibility index (Phi) is 3.81. The third-order valence-corrected chi connectivity index (χ3v) is 3.64. The summed E-state index contributed by atoms with van der Waals surface area (Å²) < 4.78 is 4.91. The van der Waals surface area contributed by atoms with E-state index in [-0.39, 0.29) is 5.97 Å². The number of anilines is 1. The van der Waals surface area contributed by atoms with Crippen molar-refractivity contribution >= 4 is 23.3 Å². The summed E-state index contributed by atoms with van der Waals surface area (Å²) in [6.07, 6.45) is 3.17. The molecule has 18 heavy (non-hydrogen) atoms. The lowest BCUT2D eigenvalue weighted by atomic mass is 9.94. The average Bonchev–Trinajstić information content (AvgIpc) is 3.15. The minimum atomic E-state index is -0.707. The Hall–Kier alpha value is -1.22. The van der Waals surface area contributed by atoms with Crippen LogP contribution in [0.15, 0.2) is 24.3 Å². The number of benzene rings is 1. The Morgan fingerprint density at radius 2 is 2.17 bits per heavy atom. The highest BCUT2D eigenvalue weighted by molar-refractivity contribution is 6.33. The van der Waals surface area contributed by atoms with Gasteiger partial charge in [0.15, 0.2) is 0 Å². The third-order valence-electron chi connectivity index (χ3n) is 3.31. The van der Waals surface area contributed by atoms with E-state index in [0.717, 1.165) is 12.1 Å². The van der Waals surface area contributed by atoms with Gasteiger partial charge in [0.25, 0.3) is 0 Å². The van der Waals surface area contributed by atoms with Gasteiger partial charge in [-0.05, 0) is 31.4 Å². The van der Waals surface area contributed by atoms with Gasteiger partial charge >= 0.3 is 5.97 Å². The van der Waals surface area contributed by atoms with Gasteiger partial charge in [-0.25, -0.2) is 4.79 Å². The van der Waals surface area contributed by atoms with Crippen LogP contribution in [0.25, 0.3) is 0 Å². The van der Waals surface area contributed by atoms with Crippen LogP contribution in [0.1, 0.15) is 26.2 Å². The molecule has 1 fully saturated rings. The van der Waals surface area contributed by atoms with Crippen LogP contribution in [0, 0.1) is 5.92 Å². The minimum Gasteiger partial charge on any atom is -0.467 e. The van der Waals surface area contributed by atoms with Gasteiger partial charge in [-0.1, -0.05) is 36.6 Å². The molecule has 0 saturated heterocycles. The molecule has 1 aliphatic carbocycles. The van der Waals surface area contributed by atoms with Crippen molar-refractivity contribution in [3.8, 4) is 0 Å². The van der Waals surface area contributed by atoms with Crippen molar-refractivity contribution in [1.29, 1.82) is 0 Å². The molecular formula is C14H18ClNO2. The number of methoxy groups -OCH3 is 1. The number of rotatable bonds is 5. The molecule has 0 aliphatic heterocycles. The smallest absolute Gasteiger partial charge is 0.331 e. The van der Waals surface area contributed by atoms with Gasteiger partial charge in [0.2, 0.25) is 0 Å². The molecule has 1 N–H and O–H groups in total. The number of para-hydroxylation sites is 1. The lowest BCUT2D eigenvalue weighted by Crippen LogP contribution is -2.44. The summed E-state index contributed by atoms with van der Waals surface area (Å²) >= 11 is 6.12. The number of hydrogen-bond donors (Lipinski definition) is 1. The maximum absolute atomic E-state index is 12.0. The molecule has 0 spiro atoms. The first kappa shape index (κ1) is 13.2. The second-order valence-corrected chi connectivity index (χ2v) is 5.48. The molecule has 0 heterocycles. The molecule has 1 unspecified atom stereocenters. The Balaban J connectivity index is 2.18. The van der Waals surface area contributed by atoms with Crippen molar-refractivity contribution < 1.29 is 9.53 Å². The lowest BCUT2D eigenvalue weighted by molar-refractivity contribution is -0.145. The maximum Gasteiger partial charge on any atom is 0.331 e. The summed E-state index contributed by atoms with van der Waals surface area (Å²) in [6.45, 7) is 1.88. The van der Waals surface area contributed by atoms with E-state index >= 15 is 0 Å². The molecule has 0 aromatic heterocycles. The summed E-state index contributed by atoms with van der Waals surface area (Å²) in [5, 5.41) is 3.85. The Morgan fingerprint density at radius 3 is 2.72 bits per heavy atom. The van der Waals surface area contributed by atoms with Gasteiger partial charge in [0.05, 0.1) is 17.8 Å². The van der Waals surface area contributed by atoms with Gasteiger partial charge in [-0.2, -0.15) is 0 Å². The molecule has 0 bridgehead atoms. The average molecular weight is 268 g/mol. The van der Waals surface area contributed by atoms with Gasteiger partial charge in [-0.15, -0.1) is 0 Å². The van der Waals surface area contributed by atoms with Crippen LogP contribution in [0.5, 0.6) is 0 Å². The number of ether oxygens (including phenoxy) is 1. The predicted molar refractivity (Wildman–Crippen MR) is 72.8 cm³/mol. The van der Waals surface area contributed by atoms with Crippen molar-refractivity contribution in [3.05, 3.63) is 29.3 Å². The highest BCUT2D eigenvalue weighted by Crippen LogP contribution is 2.39. The largest absolute Gasteiger partial charge is 0.467 e. The zero-order chi connectivity index (χ0) is 13.2. The molecule has 1 aliphatic rings. The number of esters is 1. The minimum absolute atomic E-state index is 0.241. The number of hydrogen-bond acceptors (Lipinski definition) is 3. The van der Waals surface area contributed by atoms with Crippen molar-refractivity contribution in [2.75, 3.05) is 12.4 Å². The van der Waals surface area contributed by atoms with Crippen LogP contribution >= 0.6 is 11.6 Å². The van der Waals surface area contributed by atoms with E-state index < -0.39 is 5.54 Å². The van der Waals surface area contributed by atoms with E-state index in [1.165, 1.54) is 20.0 Å².